The summed E-state index contributed by atoms with van der Waals surface area (Å²) in [5, 5.41) is 2.46. The summed E-state index contributed by atoms with van der Waals surface area (Å²) in [6.07, 6.45) is 39.1. The van der Waals surface area contributed by atoms with Gasteiger partial charge in [0.05, 0.1) is 16.7 Å². The molecule has 5 heteroatoms. The van der Waals surface area contributed by atoms with Gasteiger partial charge in [0.15, 0.2) is 0 Å². The second-order valence-corrected chi connectivity index (χ2v) is 18.5. The Morgan fingerprint density at radius 1 is 0.667 bits per heavy atom. The number of hydrogen-bond donors (Lipinski definition) is 0. The molecule has 81 heavy (non-hydrogen) atoms. The molecule has 2 heterocycles. The van der Waals surface area contributed by atoms with Gasteiger partial charge in [-0.3, -0.25) is 4.99 Å². The third kappa shape index (κ3) is 17.8. The van der Waals surface area contributed by atoms with Crippen LogP contribution in [0.4, 0.5) is 5.69 Å². The molecule has 7 aromatic rings. The van der Waals surface area contributed by atoms with Gasteiger partial charge in [-0.15, -0.1) is 6.42 Å². The Bertz CT molecular complexity index is 3410. The van der Waals surface area contributed by atoms with Crippen LogP contribution in [0, 0.1) is 19.3 Å². The molecule has 0 amide bonds. The molecule has 0 saturated carbocycles. The number of terminal acetylenes is 1. The number of aromatic nitrogens is 2. The lowest BCUT2D eigenvalue weighted by Crippen LogP contribution is -2.20. The molecule has 0 saturated heterocycles. The largest absolute Gasteiger partial charge is 0.338 e. The lowest BCUT2D eigenvalue weighted by atomic mass is 9.96. The number of para-hydroxylation sites is 1. The minimum atomic E-state index is 0.645. The topological polar surface area (TPSA) is 37.8 Å². The Kier molecular flexibility index (Phi) is 30.2. The van der Waals surface area contributed by atoms with Gasteiger partial charge in [0.2, 0.25) is 0 Å². The van der Waals surface area contributed by atoms with Crippen molar-refractivity contribution in [1.29, 1.82) is 0 Å². The molecular formula is C76H93N5. The summed E-state index contributed by atoms with van der Waals surface area (Å²) in [5.41, 5.74) is 19.3. The third-order valence-electron chi connectivity index (χ3n) is 13.0. The van der Waals surface area contributed by atoms with Crippen molar-refractivity contribution in [2.24, 2.45) is 9.98 Å². The highest BCUT2D eigenvalue weighted by atomic mass is 15.1. The number of hydrogen-bond acceptors (Lipinski definition) is 3. The fraction of sp³-hybridized carbons (Fsp3) is 0.263. The predicted octanol–water partition coefficient (Wildman–Crippen LogP) is 21.4. The maximum absolute atomic E-state index is 5.89. The zero-order valence-corrected chi connectivity index (χ0v) is 51.8. The summed E-state index contributed by atoms with van der Waals surface area (Å²) in [7, 11) is 3.49. The lowest BCUT2D eigenvalue weighted by Gasteiger charge is -2.26. The summed E-state index contributed by atoms with van der Waals surface area (Å²) >= 11 is 0. The highest BCUT2D eigenvalue weighted by molar-refractivity contribution is 6.10. The molecule has 0 spiro atoms. The summed E-state index contributed by atoms with van der Waals surface area (Å²) in [6.45, 7) is 35.5. The summed E-state index contributed by atoms with van der Waals surface area (Å²) in [5.74, 6) is 2.77. The molecule has 0 aliphatic carbocycles. The predicted molar refractivity (Wildman–Crippen MR) is 366 cm³/mol. The van der Waals surface area contributed by atoms with Gasteiger partial charge in [-0.1, -0.05) is 191 Å². The van der Waals surface area contributed by atoms with Gasteiger partial charge in [-0.25, -0.2) is 0 Å². The van der Waals surface area contributed by atoms with Crippen LogP contribution in [0.5, 0.6) is 0 Å². The first-order valence-electron chi connectivity index (χ1n) is 29.2. The number of aliphatic imine (C=N–C) groups is 2. The van der Waals surface area contributed by atoms with E-state index in [0.717, 1.165) is 64.6 Å². The molecule has 0 bridgehead atoms. The van der Waals surface area contributed by atoms with Crippen LogP contribution in [-0.4, -0.2) is 35.7 Å². The van der Waals surface area contributed by atoms with Crippen molar-refractivity contribution in [2.75, 3.05) is 19.0 Å². The molecule has 5 nitrogen and oxygen atoms in total. The van der Waals surface area contributed by atoms with Gasteiger partial charge < -0.3 is 19.0 Å². The van der Waals surface area contributed by atoms with Crippen LogP contribution in [0.1, 0.15) is 147 Å². The standard InChI is InChI=1S/C67H68N4.C3H8.C2H5N.2C2H6/c1-11-18-22-27-49(8)69(48-51-28-25-30-56(45-51)64(68-10)33-21-14-4)57-40-42-58(43-41-57)70-50(9)60(31-20-13-3)62(65(70)17-7)46-52(16-6)55-37-44-67-63(47-55)61-32-23-24-34-66(61)71(67)59-38-35-54(36-39-59)53(26-15-5)29-19-12-2;2*1-3-2;2*1-2/h3,11-12,15,18-47H,8,14,16-17,48H2,1-2,4-7,9-10H3;3H2,1-2H3;1H2,2H3;2*1-2H3/b18-11-,19-12-,26-15-,27-22-,31-20-,33-21-,52-46+,53-29+,68-64?;;;;. The Morgan fingerprint density at radius 2 is 1.30 bits per heavy atom. The van der Waals surface area contributed by atoms with Crippen LogP contribution in [0.25, 0.3) is 56.5 Å². The third-order valence-corrected chi connectivity index (χ3v) is 13.0. The summed E-state index contributed by atoms with van der Waals surface area (Å²) in [6, 6.07) is 42.2. The molecule has 0 aliphatic rings. The molecular weight excluding hydrogens is 983 g/mol. The van der Waals surface area contributed by atoms with Gasteiger partial charge in [0.25, 0.3) is 0 Å². The minimum absolute atomic E-state index is 0.645. The monoisotopic (exact) mass is 1080 g/mol. The van der Waals surface area contributed by atoms with Gasteiger partial charge in [0, 0.05) is 76.7 Å². The van der Waals surface area contributed by atoms with Crippen molar-refractivity contribution >= 4 is 63.2 Å². The van der Waals surface area contributed by atoms with E-state index in [0.29, 0.717) is 6.54 Å². The van der Waals surface area contributed by atoms with Crippen molar-refractivity contribution < 1.29 is 0 Å². The van der Waals surface area contributed by atoms with E-state index in [2.05, 4.69) is 268 Å². The Labute approximate surface area is 490 Å². The normalized spacial score (nSPS) is 11.9. The van der Waals surface area contributed by atoms with Crippen LogP contribution in [0.3, 0.4) is 0 Å². The minimum Gasteiger partial charge on any atom is -0.338 e. The first-order chi connectivity index (χ1) is 39.6. The van der Waals surface area contributed by atoms with Gasteiger partial charge in [-0.05, 0) is 178 Å². The number of nitrogens with zero attached hydrogens (tertiary/aromatic N) is 5. The van der Waals surface area contributed by atoms with Crippen molar-refractivity contribution in [2.45, 2.75) is 122 Å². The number of anilines is 1. The van der Waals surface area contributed by atoms with Crippen LogP contribution >= 0.6 is 0 Å². The quantitative estimate of drug-likeness (QED) is 0.0452. The molecule has 0 atom stereocenters. The fourth-order valence-corrected chi connectivity index (χ4v) is 9.49. The zero-order chi connectivity index (χ0) is 59.7. The van der Waals surface area contributed by atoms with Crippen molar-refractivity contribution in [3.05, 3.63) is 245 Å². The average Bonchev–Trinajstić information content (AvgIpc) is 4.23. The number of allylic oxidation sites excluding steroid dienone is 14. The van der Waals surface area contributed by atoms with Crippen LogP contribution in [-0.2, 0) is 13.0 Å². The van der Waals surface area contributed by atoms with E-state index in [1.165, 1.54) is 67.3 Å². The smallest absolute Gasteiger partial charge is 0.0640 e. The Balaban J connectivity index is 0.00000161. The second-order valence-electron chi connectivity index (χ2n) is 18.5. The van der Waals surface area contributed by atoms with E-state index in [9.17, 15) is 0 Å². The molecule has 0 aliphatic heterocycles. The maximum Gasteiger partial charge on any atom is 0.0640 e. The Morgan fingerprint density at radius 3 is 1.90 bits per heavy atom. The first kappa shape index (κ1) is 66.8. The highest BCUT2D eigenvalue weighted by Crippen LogP contribution is 2.38. The fourth-order valence-electron chi connectivity index (χ4n) is 9.49. The SMILES string of the molecule is C#C/C=C\c1c(/C=C(\CC)c2ccc3c(c2)c2ccccc2n3-c2ccc(C(/C=C\C)=C/C=C\C)cc2)c(CC)n(-c2ccc(N(Cc3cccc(C(/C=C\CC)=NC)c3)C(=C)/C=C\C=C/C)cc2)c1C.C=NC.CC.CC.CCC. The molecule has 2 aromatic heterocycles. The second kappa shape index (κ2) is 36.7. The molecule has 0 fully saturated rings. The maximum atomic E-state index is 5.89. The van der Waals surface area contributed by atoms with Crippen LogP contribution < -0.4 is 4.90 Å². The van der Waals surface area contributed by atoms with E-state index < -0.39 is 0 Å². The van der Waals surface area contributed by atoms with Gasteiger partial charge in [0.1, 0.15) is 0 Å². The van der Waals surface area contributed by atoms with E-state index in [1.54, 1.807) is 7.05 Å². The molecule has 0 unspecified atom stereocenters. The van der Waals surface area contributed by atoms with E-state index in [4.69, 9.17) is 6.42 Å². The number of rotatable bonds is 19. The highest BCUT2D eigenvalue weighted by Gasteiger charge is 2.21. The van der Waals surface area contributed by atoms with Crippen LogP contribution in [0.15, 0.2) is 210 Å². The van der Waals surface area contributed by atoms with Gasteiger partial charge in [-0.2, -0.15) is 0 Å². The molecule has 7 rings (SSSR count). The van der Waals surface area contributed by atoms with Crippen molar-refractivity contribution in [1.82, 2.24) is 9.13 Å². The first-order valence-corrected chi connectivity index (χ1v) is 29.2. The van der Waals surface area contributed by atoms with Crippen molar-refractivity contribution in [3.8, 4) is 23.7 Å². The zero-order valence-electron chi connectivity index (χ0n) is 51.8. The van der Waals surface area contributed by atoms with E-state index >= 15 is 0 Å². The van der Waals surface area contributed by atoms with E-state index in [1.807, 2.05) is 72.9 Å². The molecule has 0 N–H and O–H groups in total. The molecule has 5 aromatic carbocycles. The number of benzene rings is 5. The van der Waals surface area contributed by atoms with E-state index in [-0.39, 0.29) is 0 Å². The van der Waals surface area contributed by atoms with Crippen LogP contribution in [0.2, 0.25) is 0 Å². The summed E-state index contributed by atoms with van der Waals surface area (Å²) in [4.78, 5) is 10.1. The average molecular weight is 1080 g/mol. The number of fused-ring (bicyclic) bond motifs is 3. The molecule has 0 radical (unpaired) electrons. The lowest BCUT2D eigenvalue weighted by molar-refractivity contribution is 0.900. The van der Waals surface area contributed by atoms with Gasteiger partial charge >= 0.3 is 0 Å². The summed E-state index contributed by atoms with van der Waals surface area (Å²) < 4.78 is 4.80. The Hall–Kier alpha value is -8.46. The van der Waals surface area contributed by atoms with Crippen molar-refractivity contribution in [3.63, 3.8) is 0 Å². The molecule has 422 valence electrons.